The maximum atomic E-state index is 6.11. The Bertz CT molecular complexity index is 755. The maximum Gasteiger partial charge on any atom is 0.194 e. The molecule has 1 aliphatic heterocycles. The summed E-state index contributed by atoms with van der Waals surface area (Å²) >= 11 is 0. The van der Waals surface area contributed by atoms with Gasteiger partial charge in [-0.2, -0.15) is 0 Å². The van der Waals surface area contributed by atoms with Crippen LogP contribution in [0.25, 0.3) is 0 Å². The summed E-state index contributed by atoms with van der Waals surface area (Å²) in [6.07, 6.45) is 4.08. The average Bonchev–Trinajstić information content (AvgIpc) is 2.73. The van der Waals surface area contributed by atoms with Crippen molar-refractivity contribution < 1.29 is 4.74 Å². The highest BCUT2D eigenvalue weighted by Crippen LogP contribution is 2.19. The van der Waals surface area contributed by atoms with Gasteiger partial charge in [0.15, 0.2) is 5.96 Å². The van der Waals surface area contributed by atoms with Crippen molar-refractivity contribution in [1.29, 1.82) is 0 Å². The molecule has 2 heterocycles. The van der Waals surface area contributed by atoms with Gasteiger partial charge in [0.1, 0.15) is 17.7 Å². The number of hydrogen-bond donors (Lipinski definition) is 1. The van der Waals surface area contributed by atoms with E-state index in [4.69, 9.17) is 9.73 Å². The predicted molar refractivity (Wildman–Crippen MR) is 115 cm³/mol. The van der Waals surface area contributed by atoms with E-state index < -0.39 is 0 Å². The molecule has 0 amide bonds. The second-order valence-electron chi connectivity index (χ2n) is 7.17. The highest BCUT2D eigenvalue weighted by Gasteiger charge is 2.22. The smallest absolute Gasteiger partial charge is 0.194 e. The summed E-state index contributed by atoms with van der Waals surface area (Å²) in [5.74, 6) is 2.89. The molecular weight excluding hydrogens is 350 g/mol. The Labute approximate surface area is 168 Å². The van der Waals surface area contributed by atoms with E-state index in [0.717, 1.165) is 55.6 Å². The summed E-state index contributed by atoms with van der Waals surface area (Å²) in [5.41, 5.74) is 1.13. The Morgan fingerprint density at radius 1 is 1.18 bits per heavy atom. The molecule has 0 unspecified atom stereocenters. The normalized spacial score (nSPS) is 15.4. The van der Waals surface area contributed by atoms with Gasteiger partial charge in [-0.1, -0.05) is 24.3 Å². The molecule has 2 aromatic rings. The zero-order chi connectivity index (χ0) is 19.8. The minimum absolute atomic E-state index is 0.264. The van der Waals surface area contributed by atoms with E-state index in [-0.39, 0.29) is 6.10 Å². The summed E-state index contributed by atoms with van der Waals surface area (Å²) in [6, 6.07) is 14.1. The molecule has 1 N–H and O–H groups in total. The number of piperidine rings is 1. The lowest BCUT2D eigenvalue weighted by Gasteiger charge is -2.34. The van der Waals surface area contributed by atoms with Gasteiger partial charge in [-0.15, -0.1) is 0 Å². The van der Waals surface area contributed by atoms with Crippen LogP contribution in [0.15, 0.2) is 53.7 Å². The molecule has 150 valence electrons. The molecule has 3 rings (SSSR count). The van der Waals surface area contributed by atoms with Gasteiger partial charge in [0.05, 0.1) is 6.54 Å². The fraction of sp³-hybridized carbons (Fsp3) is 0.455. The molecule has 0 bridgehead atoms. The summed E-state index contributed by atoms with van der Waals surface area (Å²) in [6.45, 7) is 5.46. The van der Waals surface area contributed by atoms with E-state index in [1.54, 1.807) is 0 Å². The Kier molecular flexibility index (Phi) is 7.12. The van der Waals surface area contributed by atoms with Crippen LogP contribution in [-0.4, -0.2) is 55.7 Å². The minimum atomic E-state index is 0.264. The third kappa shape index (κ3) is 5.38. The second-order valence-corrected chi connectivity index (χ2v) is 7.17. The molecule has 28 heavy (non-hydrogen) atoms. The van der Waals surface area contributed by atoms with E-state index in [0.29, 0.717) is 6.54 Å². The molecule has 1 aliphatic rings. The number of aliphatic imine (C=N–C) groups is 1. The van der Waals surface area contributed by atoms with Crippen molar-refractivity contribution >= 4 is 11.8 Å². The van der Waals surface area contributed by atoms with E-state index >= 15 is 0 Å². The number of para-hydroxylation sites is 1. The number of benzene rings is 1. The number of pyridine rings is 1. The van der Waals surface area contributed by atoms with Gasteiger partial charge in [-0.25, -0.2) is 9.98 Å². The van der Waals surface area contributed by atoms with Gasteiger partial charge >= 0.3 is 0 Å². The lowest BCUT2D eigenvalue weighted by molar-refractivity contribution is 0.129. The van der Waals surface area contributed by atoms with Crippen LogP contribution in [0.5, 0.6) is 5.75 Å². The maximum absolute atomic E-state index is 6.11. The topological polar surface area (TPSA) is 53.0 Å². The number of anilines is 1. The van der Waals surface area contributed by atoms with Crippen molar-refractivity contribution in [2.24, 2.45) is 4.99 Å². The van der Waals surface area contributed by atoms with Gasteiger partial charge in [0.2, 0.25) is 0 Å². The first kappa shape index (κ1) is 20.0. The number of nitrogens with one attached hydrogen (secondary N) is 1. The number of nitrogens with zero attached hydrogens (tertiary/aromatic N) is 4. The van der Waals surface area contributed by atoms with Crippen LogP contribution in [0.3, 0.4) is 0 Å². The molecular formula is C22H31N5O. The number of guanidine groups is 1. The largest absolute Gasteiger partial charge is 0.490 e. The number of ether oxygens (including phenoxy) is 1. The molecule has 0 saturated carbocycles. The third-order valence-corrected chi connectivity index (χ3v) is 4.81. The van der Waals surface area contributed by atoms with Crippen LogP contribution >= 0.6 is 0 Å². The lowest BCUT2D eigenvalue weighted by Crippen LogP contribution is -2.47. The lowest BCUT2D eigenvalue weighted by atomic mass is 10.1. The molecule has 0 aliphatic carbocycles. The van der Waals surface area contributed by atoms with Crippen LogP contribution < -0.4 is 15.0 Å². The van der Waals surface area contributed by atoms with Crippen LogP contribution in [0.4, 0.5) is 5.82 Å². The van der Waals surface area contributed by atoms with Crippen LogP contribution in [0.1, 0.15) is 25.3 Å². The molecule has 0 radical (unpaired) electrons. The zero-order valence-corrected chi connectivity index (χ0v) is 17.1. The highest BCUT2D eigenvalue weighted by molar-refractivity contribution is 5.80. The summed E-state index contributed by atoms with van der Waals surface area (Å²) in [5, 5.41) is 3.44. The van der Waals surface area contributed by atoms with Crippen molar-refractivity contribution in [3.05, 3.63) is 54.2 Å². The Hall–Kier alpha value is -2.76. The average molecular weight is 382 g/mol. The van der Waals surface area contributed by atoms with Gasteiger partial charge < -0.3 is 19.9 Å². The second kappa shape index (κ2) is 9.97. The van der Waals surface area contributed by atoms with Crippen molar-refractivity contribution in [2.45, 2.75) is 32.4 Å². The Balaban J connectivity index is 1.61. The standard InChI is InChI=1S/C22H31N5O/c1-4-23-22(25-17-18-9-8-14-24-21(18)26(2)3)27-15-12-20(13-16-27)28-19-10-6-5-7-11-19/h5-11,14,20H,4,12-13,15-17H2,1-3H3,(H,23,25). The molecule has 6 nitrogen and oxygen atoms in total. The van der Waals surface area contributed by atoms with Gasteiger partial charge in [-0.05, 0) is 25.1 Å². The first-order chi connectivity index (χ1) is 13.7. The molecule has 1 aromatic heterocycles. The zero-order valence-electron chi connectivity index (χ0n) is 17.1. The van der Waals surface area contributed by atoms with Crippen LogP contribution in [-0.2, 0) is 6.54 Å². The van der Waals surface area contributed by atoms with Crippen LogP contribution in [0, 0.1) is 0 Å². The number of rotatable bonds is 6. The Morgan fingerprint density at radius 3 is 2.61 bits per heavy atom. The Morgan fingerprint density at radius 2 is 1.93 bits per heavy atom. The fourth-order valence-corrected chi connectivity index (χ4v) is 3.42. The van der Waals surface area contributed by atoms with E-state index in [1.807, 2.05) is 61.6 Å². The van der Waals surface area contributed by atoms with Crippen molar-refractivity contribution in [3.8, 4) is 5.75 Å². The molecule has 6 heteroatoms. The van der Waals surface area contributed by atoms with Crippen molar-refractivity contribution in [1.82, 2.24) is 15.2 Å². The summed E-state index contributed by atoms with van der Waals surface area (Å²) in [4.78, 5) is 13.7. The van der Waals surface area contributed by atoms with Gasteiger partial charge in [0, 0.05) is 58.3 Å². The van der Waals surface area contributed by atoms with E-state index in [2.05, 4.69) is 28.2 Å². The van der Waals surface area contributed by atoms with Crippen molar-refractivity contribution in [3.63, 3.8) is 0 Å². The first-order valence-electron chi connectivity index (χ1n) is 10.0. The SMILES string of the molecule is CCNC(=NCc1cccnc1N(C)C)N1CCC(Oc2ccccc2)CC1. The summed E-state index contributed by atoms with van der Waals surface area (Å²) < 4.78 is 6.11. The van der Waals surface area contributed by atoms with Crippen LogP contribution in [0.2, 0.25) is 0 Å². The number of hydrogen-bond acceptors (Lipinski definition) is 4. The third-order valence-electron chi connectivity index (χ3n) is 4.81. The predicted octanol–water partition coefficient (Wildman–Crippen LogP) is 3.16. The van der Waals surface area contributed by atoms with Crippen molar-refractivity contribution in [2.75, 3.05) is 38.6 Å². The number of aromatic nitrogens is 1. The molecule has 0 spiro atoms. The monoisotopic (exact) mass is 381 g/mol. The van der Waals surface area contributed by atoms with Gasteiger partial charge in [0.25, 0.3) is 0 Å². The fourth-order valence-electron chi connectivity index (χ4n) is 3.42. The quantitative estimate of drug-likeness (QED) is 0.615. The molecule has 0 atom stereocenters. The molecule has 1 aromatic carbocycles. The van der Waals surface area contributed by atoms with Gasteiger partial charge in [-0.3, -0.25) is 0 Å². The molecule has 1 saturated heterocycles. The molecule has 1 fully saturated rings. The van der Waals surface area contributed by atoms with E-state index in [1.165, 1.54) is 0 Å². The minimum Gasteiger partial charge on any atom is -0.490 e. The number of likely N-dealkylation sites (tertiary alicyclic amines) is 1. The summed E-state index contributed by atoms with van der Waals surface area (Å²) in [7, 11) is 4.02. The first-order valence-corrected chi connectivity index (χ1v) is 10.0. The van der Waals surface area contributed by atoms with E-state index in [9.17, 15) is 0 Å². The highest BCUT2D eigenvalue weighted by atomic mass is 16.5.